The van der Waals surface area contributed by atoms with Gasteiger partial charge in [0.1, 0.15) is 0 Å². The van der Waals surface area contributed by atoms with E-state index < -0.39 is 0 Å². The summed E-state index contributed by atoms with van der Waals surface area (Å²) < 4.78 is 0. The average Bonchev–Trinajstić information content (AvgIpc) is 2.06. The van der Waals surface area contributed by atoms with Crippen molar-refractivity contribution < 1.29 is 0 Å². The van der Waals surface area contributed by atoms with Crippen molar-refractivity contribution in [2.75, 3.05) is 0 Å². The highest BCUT2D eigenvalue weighted by Crippen LogP contribution is 1.92. The molecule has 0 aliphatic heterocycles. The van der Waals surface area contributed by atoms with Gasteiger partial charge in [0, 0.05) is 11.4 Å². The molecule has 1 aliphatic rings. The van der Waals surface area contributed by atoms with E-state index >= 15 is 0 Å². The van der Waals surface area contributed by atoms with E-state index in [9.17, 15) is 4.79 Å². The lowest BCUT2D eigenvalue weighted by atomic mass is 10.1. The van der Waals surface area contributed by atoms with Gasteiger partial charge in [-0.2, -0.15) is 0 Å². The minimum atomic E-state index is 0.0263. The van der Waals surface area contributed by atoms with E-state index in [0.29, 0.717) is 0 Å². The van der Waals surface area contributed by atoms with Crippen molar-refractivity contribution in [3.8, 4) is 0 Å². The molecular weight excluding hydrogens is 138 g/mol. The van der Waals surface area contributed by atoms with E-state index in [1.54, 1.807) is 6.20 Å². The Bertz CT molecular complexity index is 428. The van der Waals surface area contributed by atoms with Crippen LogP contribution in [0.5, 0.6) is 0 Å². The highest BCUT2D eigenvalue weighted by atomic mass is 16.1. The van der Waals surface area contributed by atoms with Crippen LogP contribution in [0.1, 0.15) is 12.8 Å². The number of aromatic amines is 1. The molecule has 0 spiro atoms. The van der Waals surface area contributed by atoms with Crippen LogP contribution in [-0.2, 0) is 0 Å². The summed E-state index contributed by atoms with van der Waals surface area (Å²) in [5.41, 5.74) is 0.0263. The molecule has 1 aliphatic carbocycles. The molecule has 2 rings (SSSR count). The number of hydrogen-bond acceptors (Lipinski definition) is 1. The molecule has 0 saturated heterocycles. The second-order valence-corrected chi connectivity index (χ2v) is 2.66. The number of nitrogens with one attached hydrogen (secondary N) is 1. The first-order valence-corrected chi connectivity index (χ1v) is 3.76. The maximum absolute atomic E-state index is 11.2. The first-order valence-electron chi connectivity index (χ1n) is 3.76. The van der Waals surface area contributed by atoms with Gasteiger partial charge < -0.3 is 4.98 Å². The molecule has 1 N–H and O–H groups in total. The second kappa shape index (κ2) is 2.38. The largest absolute Gasteiger partial charge is 0.329 e. The van der Waals surface area contributed by atoms with Crippen molar-refractivity contribution in [1.29, 1.82) is 0 Å². The molecule has 0 unspecified atom stereocenters. The van der Waals surface area contributed by atoms with Crippen LogP contribution in [0.25, 0.3) is 12.2 Å². The van der Waals surface area contributed by atoms with Gasteiger partial charge in [-0.1, -0.05) is 12.2 Å². The predicted octanol–water partition coefficient (Wildman–Crippen LogP) is -0.270. The minimum absolute atomic E-state index is 0.0263. The van der Waals surface area contributed by atoms with Crippen LogP contribution >= 0.6 is 0 Å². The van der Waals surface area contributed by atoms with Gasteiger partial charge in [-0.25, -0.2) is 0 Å². The number of rotatable bonds is 0. The Labute approximate surface area is 63.9 Å². The highest BCUT2D eigenvalue weighted by molar-refractivity contribution is 5.36. The molecule has 0 fully saturated rings. The zero-order valence-electron chi connectivity index (χ0n) is 6.13. The fourth-order valence-corrected chi connectivity index (χ4v) is 1.36. The van der Waals surface area contributed by atoms with E-state index in [0.717, 1.165) is 23.3 Å². The molecule has 0 bridgehead atoms. The van der Waals surface area contributed by atoms with Crippen LogP contribution in [0.15, 0.2) is 17.1 Å². The molecule has 0 atom stereocenters. The maximum Gasteiger partial charge on any atom is 0.255 e. The van der Waals surface area contributed by atoms with Crippen LogP contribution in [-0.4, -0.2) is 4.98 Å². The molecule has 1 aromatic rings. The van der Waals surface area contributed by atoms with Gasteiger partial charge in [0.05, 0.1) is 0 Å². The van der Waals surface area contributed by atoms with Gasteiger partial charge in [0.15, 0.2) is 0 Å². The van der Waals surface area contributed by atoms with Crippen LogP contribution in [0.3, 0.4) is 0 Å². The van der Waals surface area contributed by atoms with Gasteiger partial charge >= 0.3 is 0 Å². The van der Waals surface area contributed by atoms with Crippen molar-refractivity contribution >= 4 is 12.2 Å². The van der Waals surface area contributed by atoms with Crippen LogP contribution in [0.2, 0.25) is 0 Å². The zero-order chi connectivity index (χ0) is 7.68. The van der Waals surface area contributed by atoms with E-state index in [1.807, 2.05) is 12.1 Å². The van der Waals surface area contributed by atoms with Gasteiger partial charge in [-0.05, 0) is 24.1 Å². The number of fused-ring (bicyclic) bond motifs is 1. The second-order valence-electron chi connectivity index (χ2n) is 2.66. The van der Waals surface area contributed by atoms with Crippen molar-refractivity contribution in [2.24, 2.45) is 0 Å². The molecule has 2 nitrogen and oxygen atoms in total. The van der Waals surface area contributed by atoms with Crippen molar-refractivity contribution in [3.63, 3.8) is 0 Å². The van der Waals surface area contributed by atoms with Crippen molar-refractivity contribution in [3.05, 3.63) is 33.1 Å². The third kappa shape index (κ3) is 1.00. The Balaban J connectivity index is 3.00. The Hall–Kier alpha value is -1.31. The molecule has 1 heterocycles. The topological polar surface area (TPSA) is 32.9 Å². The third-order valence-corrected chi connectivity index (χ3v) is 1.91. The zero-order valence-corrected chi connectivity index (χ0v) is 6.13. The number of hydrogen-bond donors (Lipinski definition) is 1. The summed E-state index contributed by atoms with van der Waals surface area (Å²) in [4.78, 5) is 13.8. The lowest BCUT2D eigenvalue weighted by molar-refractivity contribution is 1.08. The SMILES string of the molecule is O=c1[nH]ccc2c1=CCCC=2. The van der Waals surface area contributed by atoms with E-state index in [-0.39, 0.29) is 5.56 Å². The standard InChI is InChI=1S/C9H9NO/c11-9-8-4-2-1-3-7(8)5-6-10-9/h3-6H,1-2H2,(H,10,11). The quantitative estimate of drug-likeness (QED) is 0.538. The van der Waals surface area contributed by atoms with Crippen molar-refractivity contribution in [1.82, 2.24) is 4.98 Å². The molecule has 1 aromatic heterocycles. The van der Waals surface area contributed by atoms with Gasteiger partial charge in [0.25, 0.3) is 5.56 Å². The first-order chi connectivity index (χ1) is 5.38. The van der Waals surface area contributed by atoms with Gasteiger partial charge in [-0.15, -0.1) is 0 Å². The fourth-order valence-electron chi connectivity index (χ4n) is 1.36. The Morgan fingerprint density at radius 3 is 2.91 bits per heavy atom. The smallest absolute Gasteiger partial charge is 0.255 e. The van der Waals surface area contributed by atoms with Gasteiger partial charge in [-0.3, -0.25) is 4.79 Å². The third-order valence-electron chi connectivity index (χ3n) is 1.91. The Morgan fingerprint density at radius 2 is 2.09 bits per heavy atom. The van der Waals surface area contributed by atoms with Crippen molar-refractivity contribution in [2.45, 2.75) is 12.8 Å². The summed E-state index contributed by atoms with van der Waals surface area (Å²) in [5.74, 6) is 0. The lowest BCUT2D eigenvalue weighted by Gasteiger charge is -1.96. The molecule has 56 valence electrons. The number of aromatic nitrogens is 1. The highest BCUT2D eigenvalue weighted by Gasteiger charge is 1.94. The maximum atomic E-state index is 11.2. The summed E-state index contributed by atoms with van der Waals surface area (Å²) in [6, 6.07) is 1.94. The van der Waals surface area contributed by atoms with Crippen LogP contribution < -0.4 is 16.0 Å². The normalized spacial score (nSPS) is 14.5. The number of pyridine rings is 1. The molecule has 0 radical (unpaired) electrons. The van der Waals surface area contributed by atoms with Crippen LogP contribution in [0.4, 0.5) is 0 Å². The molecule has 0 amide bonds. The monoisotopic (exact) mass is 147 g/mol. The fraction of sp³-hybridized carbons (Fsp3) is 0.222. The Morgan fingerprint density at radius 1 is 1.27 bits per heavy atom. The molecule has 11 heavy (non-hydrogen) atoms. The van der Waals surface area contributed by atoms with E-state index in [2.05, 4.69) is 11.1 Å². The molecule has 0 aromatic carbocycles. The summed E-state index contributed by atoms with van der Waals surface area (Å²) in [6.07, 6.45) is 7.83. The van der Waals surface area contributed by atoms with Gasteiger partial charge in [0.2, 0.25) is 0 Å². The summed E-state index contributed by atoms with van der Waals surface area (Å²) >= 11 is 0. The summed E-state index contributed by atoms with van der Waals surface area (Å²) in [5, 5.41) is 1.90. The molecule has 2 heteroatoms. The lowest BCUT2D eigenvalue weighted by Crippen LogP contribution is -2.41. The number of H-pyrrole nitrogens is 1. The Kier molecular flexibility index (Phi) is 1.39. The molecular formula is C9H9NO. The molecule has 0 saturated carbocycles. The minimum Gasteiger partial charge on any atom is -0.329 e. The predicted molar refractivity (Wildman–Crippen MR) is 44.5 cm³/mol. The van der Waals surface area contributed by atoms with E-state index in [1.165, 1.54) is 0 Å². The van der Waals surface area contributed by atoms with Crippen LogP contribution in [0, 0.1) is 0 Å². The summed E-state index contributed by atoms with van der Waals surface area (Å²) in [6.45, 7) is 0. The first kappa shape index (κ1) is 6.40. The summed E-state index contributed by atoms with van der Waals surface area (Å²) in [7, 11) is 0. The van der Waals surface area contributed by atoms with E-state index in [4.69, 9.17) is 0 Å². The average molecular weight is 147 g/mol.